The van der Waals surface area contributed by atoms with E-state index in [1.165, 1.54) is 0 Å². The van der Waals surface area contributed by atoms with Crippen molar-refractivity contribution in [2.24, 2.45) is 0 Å². The normalized spacial score (nSPS) is 11.2. The third-order valence-corrected chi connectivity index (χ3v) is 4.47. The first-order valence-corrected chi connectivity index (χ1v) is 8.95. The monoisotopic (exact) mass is 319 g/mol. The van der Waals surface area contributed by atoms with Gasteiger partial charge in [-0.3, -0.25) is 4.79 Å². The Labute approximate surface area is 142 Å². The van der Waals surface area contributed by atoms with Gasteiger partial charge >= 0.3 is 0 Å². The molecule has 0 spiro atoms. The van der Waals surface area contributed by atoms with Crippen molar-refractivity contribution in [3.63, 3.8) is 0 Å². The maximum absolute atomic E-state index is 12.8. The van der Waals surface area contributed by atoms with Crippen molar-refractivity contribution in [1.29, 1.82) is 0 Å². The zero-order chi connectivity index (χ0) is 17.1. The molecule has 0 radical (unpaired) electrons. The molecule has 1 amide bonds. The first-order valence-electron chi connectivity index (χ1n) is 8.95. The van der Waals surface area contributed by atoms with Crippen LogP contribution in [0.2, 0.25) is 0 Å². The molecule has 4 heteroatoms. The minimum absolute atomic E-state index is 0.143. The van der Waals surface area contributed by atoms with Gasteiger partial charge in [0.15, 0.2) is 0 Å². The van der Waals surface area contributed by atoms with E-state index in [2.05, 4.69) is 37.5 Å². The fourth-order valence-corrected chi connectivity index (χ4v) is 2.68. The Balaban J connectivity index is 2.72. The molecule has 1 rings (SSSR count). The van der Waals surface area contributed by atoms with Crippen LogP contribution in [0.1, 0.15) is 38.1 Å². The molecular formula is C19H33N3O. The Morgan fingerprint density at radius 2 is 1.17 bits per heavy atom. The smallest absolute Gasteiger partial charge is 0.253 e. The van der Waals surface area contributed by atoms with Crippen molar-refractivity contribution in [3.8, 4) is 0 Å². The lowest BCUT2D eigenvalue weighted by molar-refractivity contribution is 0.0718. The quantitative estimate of drug-likeness (QED) is 0.627. The Morgan fingerprint density at radius 3 is 1.57 bits per heavy atom. The molecule has 0 aliphatic carbocycles. The molecule has 0 saturated heterocycles. The van der Waals surface area contributed by atoms with Crippen molar-refractivity contribution < 1.29 is 4.79 Å². The number of likely N-dealkylation sites (N-methyl/N-ethyl adjacent to an activating group) is 2. The second-order valence-electron chi connectivity index (χ2n) is 5.71. The molecule has 0 heterocycles. The number of nitrogens with zero attached hydrogens (tertiary/aromatic N) is 3. The van der Waals surface area contributed by atoms with Gasteiger partial charge in [0.1, 0.15) is 0 Å². The third-order valence-electron chi connectivity index (χ3n) is 4.47. The lowest BCUT2D eigenvalue weighted by atomic mass is 10.2. The first-order chi connectivity index (χ1) is 11.2. The molecule has 0 N–H and O–H groups in total. The fraction of sp³-hybridized carbons (Fsp3) is 0.632. The summed E-state index contributed by atoms with van der Waals surface area (Å²) in [5, 5.41) is 0. The van der Waals surface area contributed by atoms with E-state index in [4.69, 9.17) is 0 Å². The van der Waals surface area contributed by atoms with E-state index in [1.54, 1.807) is 0 Å². The van der Waals surface area contributed by atoms with Crippen molar-refractivity contribution >= 4 is 5.91 Å². The van der Waals surface area contributed by atoms with Gasteiger partial charge in [-0.2, -0.15) is 0 Å². The lowest BCUT2D eigenvalue weighted by Gasteiger charge is -2.29. The van der Waals surface area contributed by atoms with Crippen molar-refractivity contribution in [1.82, 2.24) is 14.7 Å². The summed E-state index contributed by atoms with van der Waals surface area (Å²) in [6.45, 7) is 16.2. The predicted molar refractivity (Wildman–Crippen MR) is 97.9 cm³/mol. The fourth-order valence-electron chi connectivity index (χ4n) is 2.68. The maximum Gasteiger partial charge on any atom is 0.253 e. The number of hydrogen-bond donors (Lipinski definition) is 0. The van der Waals surface area contributed by atoms with Crippen LogP contribution in [0, 0.1) is 0 Å². The van der Waals surface area contributed by atoms with Gasteiger partial charge in [-0.15, -0.1) is 0 Å². The van der Waals surface area contributed by atoms with Gasteiger partial charge in [-0.1, -0.05) is 45.9 Å². The number of hydrogen-bond acceptors (Lipinski definition) is 3. The number of benzene rings is 1. The summed E-state index contributed by atoms with van der Waals surface area (Å²) >= 11 is 0. The summed E-state index contributed by atoms with van der Waals surface area (Å²) in [6, 6.07) is 9.63. The minimum Gasteiger partial charge on any atom is -0.336 e. The van der Waals surface area contributed by atoms with Crippen LogP contribution in [0.4, 0.5) is 0 Å². The Bertz CT molecular complexity index is 412. The van der Waals surface area contributed by atoms with E-state index < -0.39 is 0 Å². The molecule has 4 nitrogen and oxygen atoms in total. The highest BCUT2D eigenvalue weighted by molar-refractivity contribution is 5.94. The highest BCUT2D eigenvalue weighted by Crippen LogP contribution is 2.06. The van der Waals surface area contributed by atoms with Gasteiger partial charge in [-0.05, 0) is 38.3 Å². The molecule has 0 aliphatic heterocycles. The highest BCUT2D eigenvalue weighted by Gasteiger charge is 2.16. The van der Waals surface area contributed by atoms with E-state index >= 15 is 0 Å². The lowest BCUT2D eigenvalue weighted by Crippen LogP contribution is -2.42. The second kappa shape index (κ2) is 11.2. The van der Waals surface area contributed by atoms with Crippen LogP contribution in [0.15, 0.2) is 30.3 Å². The third kappa shape index (κ3) is 6.71. The number of carbonyl (C=O) groups excluding carboxylic acids is 1. The highest BCUT2D eigenvalue weighted by atomic mass is 16.2. The summed E-state index contributed by atoms with van der Waals surface area (Å²) in [7, 11) is 0. The molecule has 0 unspecified atom stereocenters. The summed E-state index contributed by atoms with van der Waals surface area (Å²) in [5.41, 5.74) is 0.784. The summed E-state index contributed by atoms with van der Waals surface area (Å²) in [6.07, 6.45) is 0. The SMILES string of the molecule is CCN(CC)CCN(CCN(CC)CC)C(=O)c1ccccc1. The number of amides is 1. The van der Waals surface area contributed by atoms with Crippen LogP contribution < -0.4 is 0 Å². The molecular weight excluding hydrogens is 286 g/mol. The van der Waals surface area contributed by atoms with Gasteiger partial charge in [-0.25, -0.2) is 0 Å². The van der Waals surface area contributed by atoms with Crippen LogP contribution in [0.3, 0.4) is 0 Å². The van der Waals surface area contributed by atoms with E-state index in [0.29, 0.717) is 0 Å². The Morgan fingerprint density at radius 1 is 0.739 bits per heavy atom. The topological polar surface area (TPSA) is 26.8 Å². The zero-order valence-corrected chi connectivity index (χ0v) is 15.3. The standard InChI is InChI=1S/C19H33N3O/c1-5-20(6-2)14-16-22(17-15-21(7-3)8-4)19(23)18-12-10-9-11-13-18/h9-13H,5-8,14-17H2,1-4H3. The van der Waals surface area contributed by atoms with Crippen molar-refractivity contribution in [2.45, 2.75) is 27.7 Å². The minimum atomic E-state index is 0.143. The molecule has 0 aliphatic rings. The summed E-state index contributed by atoms with van der Waals surface area (Å²) in [4.78, 5) is 19.5. The summed E-state index contributed by atoms with van der Waals surface area (Å²) in [5.74, 6) is 0.143. The van der Waals surface area contributed by atoms with Crippen LogP contribution in [-0.4, -0.2) is 73.0 Å². The average molecular weight is 319 g/mol. The number of rotatable bonds is 11. The largest absolute Gasteiger partial charge is 0.336 e. The molecule has 0 saturated carbocycles. The first kappa shape index (κ1) is 19.7. The van der Waals surface area contributed by atoms with E-state index in [0.717, 1.165) is 57.9 Å². The van der Waals surface area contributed by atoms with E-state index in [-0.39, 0.29) is 5.91 Å². The number of carbonyl (C=O) groups is 1. The van der Waals surface area contributed by atoms with Gasteiger partial charge in [0.05, 0.1) is 0 Å². The molecule has 23 heavy (non-hydrogen) atoms. The molecule has 0 bridgehead atoms. The maximum atomic E-state index is 12.8. The van der Waals surface area contributed by atoms with Gasteiger partial charge < -0.3 is 14.7 Å². The van der Waals surface area contributed by atoms with Crippen molar-refractivity contribution in [3.05, 3.63) is 35.9 Å². The van der Waals surface area contributed by atoms with Crippen LogP contribution in [0.25, 0.3) is 0 Å². The van der Waals surface area contributed by atoms with Crippen LogP contribution in [0.5, 0.6) is 0 Å². The van der Waals surface area contributed by atoms with Gasteiger partial charge in [0.25, 0.3) is 5.91 Å². The van der Waals surface area contributed by atoms with E-state index in [9.17, 15) is 4.79 Å². The Kier molecular flexibility index (Phi) is 9.57. The van der Waals surface area contributed by atoms with Gasteiger partial charge in [0.2, 0.25) is 0 Å². The molecule has 1 aromatic carbocycles. The van der Waals surface area contributed by atoms with Crippen molar-refractivity contribution in [2.75, 3.05) is 52.4 Å². The molecule has 0 fully saturated rings. The van der Waals surface area contributed by atoms with Crippen LogP contribution >= 0.6 is 0 Å². The molecule has 1 aromatic rings. The van der Waals surface area contributed by atoms with E-state index in [1.807, 2.05) is 35.2 Å². The molecule has 130 valence electrons. The zero-order valence-electron chi connectivity index (χ0n) is 15.3. The molecule has 0 atom stereocenters. The average Bonchev–Trinajstić information content (AvgIpc) is 2.61. The van der Waals surface area contributed by atoms with Crippen LogP contribution in [-0.2, 0) is 0 Å². The molecule has 0 aromatic heterocycles. The van der Waals surface area contributed by atoms with Gasteiger partial charge in [0, 0.05) is 31.7 Å². The Hall–Kier alpha value is -1.39. The second-order valence-corrected chi connectivity index (χ2v) is 5.71. The predicted octanol–water partition coefficient (Wildman–Crippen LogP) is 2.81. The summed E-state index contributed by atoms with van der Waals surface area (Å²) < 4.78 is 0.